The number of fused-ring (bicyclic) bond motifs is 1. The Kier molecular flexibility index (Phi) is 4.90. The minimum Gasteiger partial charge on any atom is -0.465 e. The molecule has 5 unspecified atom stereocenters. The smallest absolute Gasteiger partial charge is 0.312 e. The number of carbonyl (C=O) groups is 3. The fourth-order valence-electron chi connectivity index (χ4n) is 8.59. The third-order valence-electron chi connectivity index (χ3n) is 9.32. The molecule has 33 heavy (non-hydrogen) atoms. The number of hydrogen-bond acceptors (Lipinski definition) is 8. The van der Waals surface area contributed by atoms with Crippen molar-refractivity contribution in [1.29, 1.82) is 0 Å². The van der Waals surface area contributed by atoms with Crippen LogP contribution in [0.4, 0.5) is 0 Å². The van der Waals surface area contributed by atoms with Gasteiger partial charge in [-0.25, -0.2) is 0 Å². The normalized spacial score (nSPS) is 46.5. The maximum absolute atomic E-state index is 13.5. The van der Waals surface area contributed by atoms with Crippen molar-refractivity contribution in [2.24, 2.45) is 46.8 Å². The van der Waals surface area contributed by atoms with E-state index in [2.05, 4.69) is 0 Å². The second-order valence-electron chi connectivity index (χ2n) is 11.4. The zero-order valence-corrected chi connectivity index (χ0v) is 19.2. The number of carbonyl (C=O) groups excluding carboxylic acids is 3. The molecule has 0 amide bonds. The van der Waals surface area contributed by atoms with Gasteiger partial charge >= 0.3 is 17.9 Å². The van der Waals surface area contributed by atoms with Crippen molar-refractivity contribution in [1.82, 2.24) is 0 Å². The van der Waals surface area contributed by atoms with Crippen molar-refractivity contribution in [3.8, 4) is 0 Å². The fraction of sp³-hybridized carbons (Fsp3) is 0.870. The molecule has 1 heterocycles. The molecule has 7 aliphatic rings. The molecule has 10 heteroatoms. The topological polar surface area (TPSA) is 133 Å². The third-order valence-corrected chi connectivity index (χ3v) is 10.1. The van der Waals surface area contributed by atoms with Crippen LogP contribution in [0, 0.1) is 46.8 Å². The van der Waals surface area contributed by atoms with Gasteiger partial charge in [0.05, 0.1) is 29.6 Å². The summed E-state index contributed by atoms with van der Waals surface area (Å²) >= 11 is 0. The molecule has 7 rings (SSSR count). The Morgan fingerprint density at radius 1 is 1.03 bits per heavy atom. The van der Waals surface area contributed by atoms with Crippen LogP contribution in [0.3, 0.4) is 0 Å². The van der Waals surface area contributed by atoms with Gasteiger partial charge in [-0.1, -0.05) is 0 Å². The summed E-state index contributed by atoms with van der Waals surface area (Å²) in [5.41, 5.74) is -0.426. The molecule has 0 aromatic carbocycles. The lowest BCUT2D eigenvalue weighted by Gasteiger charge is -2.55. The first-order valence-electron chi connectivity index (χ1n) is 12.2. The SMILES string of the molecule is O=C1OC2C3C[C@H](C2OC(=O)C24CC5CC(CC(C5)C2)C4)C(C(=O)OCCCS(=O)(=O)O)C13. The van der Waals surface area contributed by atoms with Crippen LogP contribution in [-0.4, -0.2) is 55.4 Å². The van der Waals surface area contributed by atoms with Crippen molar-refractivity contribution in [3.05, 3.63) is 0 Å². The van der Waals surface area contributed by atoms with E-state index in [1.54, 1.807) is 0 Å². The minimum absolute atomic E-state index is 0.0342. The van der Waals surface area contributed by atoms with E-state index in [0.717, 1.165) is 19.3 Å². The highest BCUT2D eigenvalue weighted by Crippen LogP contribution is 2.62. The minimum atomic E-state index is -4.13. The van der Waals surface area contributed by atoms with E-state index in [4.69, 9.17) is 18.8 Å². The molecule has 0 aromatic heterocycles. The van der Waals surface area contributed by atoms with Gasteiger partial charge in [0.25, 0.3) is 10.1 Å². The summed E-state index contributed by atoms with van der Waals surface area (Å²) in [5.74, 6) is -1.75. The molecule has 1 aliphatic heterocycles. The molecule has 1 N–H and O–H groups in total. The predicted molar refractivity (Wildman–Crippen MR) is 111 cm³/mol. The average molecular weight is 483 g/mol. The third kappa shape index (κ3) is 3.50. The first-order chi connectivity index (χ1) is 15.6. The lowest BCUT2D eigenvalue weighted by molar-refractivity contribution is -0.187. The highest BCUT2D eigenvalue weighted by Gasteiger charge is 2.70. The standard InChI is InChI=1S/C23H30O9S/c24-20(30-2-1-3-33(27,28)29)16-14-7-15-17(16)21(25)31-18(15)19(14)32-22(26)23-8-11-4-12(9-23)6-13(5-11)10-23/h11-19H,1-10H2,(H,27,28,29)/t11?,12?,13?,14-,15?,16?,17?,18?,19?,23?/m0/s1. The molecule has 1 saturated heterocycles. The monoisotopic (exact) mass is 482 g/mol. The lowest BCUT2D eigenvalue weighted by atomic mass is 9.49. The second-order valence-corrected chi connectivity index (χ2v) is 13.0. The Hall–Kier alpha value is -1.68. The summed E-state index contributed by atoms with van der Waals surface area (Å²) in [6.07, 6.45) is 5.71. The van der Waals surface area contributed by atoms with Gasteiger partial charge in [-0.2, -0.15) is 8.42 Å². The highest BCUT2D eigenvalue weighted by atomic mass is 32.2. The fourth-order valence-corrected chi connectivity index (χ4v) is 9.07. The molecule has 7 fully saturated rings. The molecule has 0 radical (unpaired) electrons. The van der Waals surface area contributed by atoms with Crippen molar-refractivity contribution < 1.29 is 41.6 Å². The van der Waals surface area contributed by atoms with Crippen LogP contribution in [0.2, 0.25) is 0 Å². The van der Waals surface area contributed by atoms with Crippen LogP contribution >= 0.6 is 0 Å². The van der Waals surface area contributed by atoms with Crippen molar-refractivity contribution in [2.45, 2.75) is 63.6 Å². The molecule has 0 aromatic rings. The molecule has 6 bridgehead atoms. The van der Waals surface area contributed by atoms with Crippen molar-refractivity contribution >= 4 is 28.0 Å². The molecule has 6 atom stereocenters. The van der Waals surface area contributed by atoms with E-state index in [1.165, 1.54) is 19.3 Å². The van der Waals surface area contributed by atoms with Crippen LogP contribution in [0.5, 0.6) is 0 Å². The summed E-state index contributed by atoms with van der Waals surface area (Å²) in [6.45, 7) is -0.171. The van der Waals surface area contributed by atoms with Gasteiger partial charge in [-0.05, 0) is 69.1 Å². The van der Waals surface area contributed by atoms with Crippen LogP contribution in [-0.2, 0) is 38.7 Å². The summed E-state index contributed by atoms with van der Waals surface area (Å²) < 4.78 is 47.5. The van der Waals surface area contributed by atoms with E-state index in [1.807, 2.05) is 0 Å². The van der Waals surface area contributed by atoms with E-state index < -0.39 is 57.3 Å². The van der Waals surface area contributed by atoms with Gasteiger partial charge in [0.1, 0.15) is 12.2 Å². The Labute approximate surface area is 192 Å². The van der Waals surface area contributed by atoms with Crippen LogP contribution < -0.4 is 0 Å². The zero-order chi connectivity index (χ0) is 23.1. The second kappa shape index (κ2) is 7.41. The number of esters is 3. The lowest BCUT2D eigenvalue weighted by Crippen LogP contribution is -2.52. The van der Waals surface area contributed by atoms with Crippen LogP contribution in [0.25, 0.3) is 0 Å². The Balaban J connectivity index is 1.15. The molecular weight excluding hydrogens is 452 g/mol. The Morgan fingerprint density at radius 3 is 2.27 bits per heavy atom. The number of hydrogen-bond donors (Lipinski definition) is 1. The highest BCUT2D eigenvalue weighted by molar-refractivity contribution is 7.85. The maximum Gasteiger partial charge on any atom is 0.312 e. The molecule has 9 nitrogen and oxygen atoms in total. The number of ether oxygens (including phenoxy) is 3. The number of rotatable bonds is 7. The van der Waals surface area contributed by atoms with Gasteiger partial charge in [0, 0.05) is 11.8 Å². The van der Waals surface area contributed by atoms with Crippen molar-refractivity contribution in [2.75, 3.05) is 12.4 Å². The Bertz CT molecular complexity index is 953. The average Bonchev–Trinajstić information content (AvgIpc) is 3.33. The van der Waals surface area contributed by atoms with Gasteiger partial charge in [-0.3, -0.25) is 18.9 Å². The molecule has 182 valence electrons. The zero-order valence-electron chi connectivity index (χ0n) is 18.4. The van der Waals surface area contributed by atoms with E-state index in [-0.39, 0.29) is 30.8 Å². The maximum atomic E-state index is 13.5. The van der Waals surface area contributed by atoms with Crippen molar-refractivity contribution in [3.63, 3.8) is 0 Å². The van der Waals surface area contributed by atoms with E-state index in [9.17, 15) is 22.8 Å². The summed E-state index contributed by atoms with van der Waals surface area (Å²) in [7, 11) is -4.13. The quantitative estimate of drug-likeness (QED) is 0.249. The molecule has 0 spiro atoms. The van der Waals surface area contributed by atoms with Gasteiger partial charge < -0.3 is 14.2 Å². The first-order valence-corrected chi connectivity index (χ1v) is 13.8. The largest absolute Gasteiger partial charge is 0.465 e. The van der Waals surface area contributed by atoms with Gasteiger partial charge in [-0.15, -0.1) is 0 Å². The first kappa shape index (κ1) is 21.8. The van der Waals surface area contributed by atoms with Gasteiger partial charge in [0.2, 0.25) is 0 Å². The van der Waals surface area contributed by atoms with E-state index >= 15 is 0 Å². The summed E-state index contributed by atoms with van der Waals surface area (Å²) in [4.78, 5) is 38.9. The summed E-state index contributed by atoms with van der Waals surface area (Å²) in [6, 6.07) is 0. The van der Waals surface area contributed by atoms with Gasteiger partial charge in [0.15, 0.2) is 0 Å². The predicted octanol–water partition coefficient (Wildman–Crippen LogP) is 1.74. The molecule has 6 aliphatic carbocycles. The van der Waals surface area contributed by atoms with Crippen LogP contribution in [0.1, 0.15) is 51.4 Å². The Morgan fingerprint density at radius 2 is 1.67 bits per heavy atom. The summed E-state index contributed by atoms with van der Waals surface area (Å²) in [5, 5.41) is 0. The molecule has 6 saturated carbocycles. The molecular formula is C23H30O9S. The van der Waals surface area contributed by atoms with Crippen LogP contribution in [0.15, 0.2) is 0 Å². The van der Waals surface area contributed by atoms with E-state index in [0.29, 0.717) is 24.2 Å².